The molecule has 0 fully saturated rings. The average Bonchev–Trinajstić information content (AvgIpc) is 2.40. The van der Waals surface area contributed by atoms with E-state index in [1.807, 2.05) is 18.2 Å². The van der Waals surface area contributed by atoms with E-state index in [1.54, 1.807) is 0 Å². The van der Waals surface area contributed by atoms with Gasteiger partial charge >= 0.3 is 0 Å². The van der Waals surface area contributed by atoms with Gasteiger partial charge in [-0.3, -0.25) is 0 Å². The monoisotopic (exact) mass is 257 g/mol. The number of rotatable bonds is 5. The van der Waals surface area contributed by atoms with Crippen molar-refractivity contribution in [2.45, 2.75) is 12.8 Å². The lowest BCUT2D eigenvalue weighted by atomic mass is 9.97. The van der Waals surface area contributed by atoms with Crippen molar-refractivity contribution in [1.82, 2.24) is 4.90 Å². The number of nitrogens with zero attached hydrogens (tertiary/aromatic N) is 1. The maximum Gasteiger partial charge on any atom is 0.123 e. The van der Waals surface area contributed by atoms with E-state index in [2.05, 4.69) is 37.2 Å². The zero-order valence-corrected chi connectivity index (χ0v) is 11.6. The number of aryl methyl sites for hydroxylation is 1. The predicted molar refractivity (Wildman–Crippen MR) is 78.7 cm³/mol. The van der Waals surface area contributed by atoms with E-state index in [9.17, 15) is 4.39 Å². The molecule has 0 atom stereocenters. The standard InChI is InChI=1S/C17H20FN/c1-19(2)13-5-7-14-6-3-4-8-17(14)15-9-11-16(18)12-10-15/h3-4,6,8-12H,5,7,13H2,1-2H3. The molecule has 0 unspecified atom stereocenters. The van der Waals surface area contributed by atoms with Crippen molar-refractivity contribution >= 4 is 0 Å². The van der Waals surface area contributed by atoms with Crippen LogP contribution in [0, 0.1) is 5.82 Å². The predicted octanol–water partition coefficient (Wildman–Crippen LogP) is 3.99. The summed E-state index contributed by atoms with van der Waals surface area (Å²) in [5.74, 6) is -0.186. The van der Waals surface area contributed by atoms with Crippen molar-refractivity contribution in [2.75, 3.05) is 20.6 Å². The van der Waals surface area contributed by atoms with E-state index in [0.717, 1.165) is 24.9 Å². The van der Waals surface area contributed by atoms with Gasteiger partial charge in [-0.2, -0.15) is 0 Å². The van der Waals surface area contributed by atoms with Crippen molar-refractivity contribution in [3.8, 4) is 11.1 Å². The second-order valence-electron chi connectivity index (χ2n) is 5.07. The van der Waals surface area contributed by atoms with Crippen LogP contribution in [0.15, 0.2) is 48.5 Å². The number of halogens is 1. The van der Waals surface area contributed by atoms with Gasteiger partial charge in [0.2, 0.25) is 0 Å². The Balaban J connectivity index is 2.18. The van der Waals surface area contributed by atoms with Crippen LogP contribution in [0.4, 0.5) is 4.39 Å². The first-order valence-corrected chi connectivity index (χ1v) is 6.65. The van der Waals surface area contributed by atoms with Crippen molar-refractivity contribution < 1.29 is 4.39 Å². The Morgan fingerprint density at radius 3 is 2.32 bits per heavy atom. The lowest BCUT2D eigenvalue weighted by Crippen LogP contribution is -2.13. The van der Waals surface area contributed by atoms with Crippen LogP contribution in [0.3, 0.4) is 0 Å². The molecule has 0 aliphatic carbocycles. The van der Waals surface area contributed by atoms with Gasteiger partial charge < -0.3 is 4.90 Å². The fraction of sp³-hybridized carbons (Fsp3) is 0.294. The van der Waals surface area contributed by atoms with Crippen molar-refractivity contribution in [1.29, 1.82) is 0 Å². The molecule has 2 rings (SSSR count). The highest BCUT2D eigenvalue weighted by atomic mass is 19.1. The molecule has 100 valence electrons. The van der Waals surface area contributed by atoms with Crippen LogP contribution in [0.1, 0.15) is 12.0 Å². The zero-order valence-electron chi connectivity index (χ0n) is 11.6. The van der Waals surface area contributed by atoms with Gasteiger partial charge in [0.15, 0.2) is 0 Å². The van der Waals surface area contributed by atoms with Crippen LogP contribution in [0.25, 0.3) is 11.1 Å². The van der Waals surface area contributed by atoms with Crippen LogP contribution < -0.4 is 0 Å². The van der Waals surface area contributed by atoms with Crippen LogP contribution in [-0.4, -0.2) is 25.5 Å². The quantitative estimate of drug-likeness (QED) is 0.783. The van der Waals surface area contributed by atoms with Gasteiger partial charge in [-0.15, -0.1) is 0 Å². The third kappa shape index (κ3) is 3.90. The molecule has 0 saturated carbocycles. The van der Waals surface area contributed by atoms with Crippen molar-refractivity contribution in [3.05, 3.63) is 59.9 Å². The lowest BCUT2D eigenvalue weighted by Gasteiger charge is -2.12. The molecule has 0 radical (unpaired) electrons. The average molecular weight is 257 g/mol. The molecule has 0 saturated heterocycles. The Bertz CT molecular complexity index is 517. The second kappa shape index (κ2) is 6.48. The number of benzene rings is 2. The summed E-state index contributed by atoms with van der Waals surface area (Å²) in [5, 5.41) is 0. The molecule has 0 aliphatic rings. The Hall–Kier alpha value is -1.67. The Labute approximate surface area is 114 Å². The highest BCUT2D eigenvalue weighted by Crippen LogP contribution is 2.24. The number of hydrogen-bond acceptors (Lipinski definition) is 1. The van der Waals surface area contributed by atoms with E-state index in [1.165, 1.54) is 23.3 Å². The molecule has 19 heavy (non-hydrogen) atoms. The molecule has 0 heterocycles. The van der Waals surface area contributed by atoms with Gasteiger partial charge in [0.05, 0.1) is 0 Å². The fourth-order valence-electron chi connectivity index (χ4n) is 2.24. The smallest absolute Gasteiger partial charge is 0.123 e. The SMILES string of the molecule is CN(C)CCCc1ccccc1-c1ccc(F)cc1. The Kier molecular flexibility index (Phi) is 4.69. The first-order valence-electron chi connectivity index (χ1n) is 6.65. The summed E-state index contributed by atoms with van der Waals surface area (Å²) in [6, 6.07) is 15.1. The molecule has 0 amide bonds. The second-order valence-corrected chi connectivity index (χ2v) is 5.07. The van der Waals surface area contributed by atoms with Crippen molar-refractivity contribution in [3.63, 3.8) is 0 Å². The van der Waals surface area contributed by atoms with Gasteiger partial charge in [0.25, 0.3) is 0 Å². The Morgan fingerprint density at radius 2 is 1.63 bits per heavy atom. The topological polar surface area (TPSA) is 3.24 Å². The maximum absolute atomic E-state index is 13.0. The Morgan fingerprint density at radius 1 is 0.947 bits per heavy atom. The summed E-state index contributed by atoms with van der Waals surface area (Å²) >= 11 is 0. The fourth-order valence-corrected chi connectivity index (χ4v) is 2.24. The minimum atomic E-state index is -0.186. The third-order valence-electron chi connectivity index (χ3n) is 3.22. The zero-order chi connectivity index (χ0) is 13.7. The first kappa shape index (κ1) is 13.8. The summed E-state index contributed by atoms with van der Waals surface area (Å²) in [7, 11) is 4.18. The van der Waals surface area contributed by atoms with E-state index in [4.69, 9.17) is 0 Å². The number of hydrogen-bond donors (Lipinski definition) is 0. The normalized spacial score (nSPS) is 10.9. The summed E-state index contributed by atoms with van der Waals surface area (Å²) < 4.78 is 13.0. The first-order chi connectivity index (χ1) is 9.16. The molecule has 0 spiro atoms. The summed E-state index contributed by atoms with van der Waals surface area (Å²) in [6.45, 7) is 1.08. The van der Waals surface area contributed by atoms with Gasteiger partial charge in [-0.1, -0.05) is 36.4 Å². The summed E-state index contributed by atoms with van der Waals surface area (Å²) in [5.41, 5.74) is 3.62. The molecule has 2 aromatic rings. The molecule has 0 aliphatic heterocycles. The highest BCUT2D eigenvalue weighted by Gasteiger charge is 2.04. The molecule has 1 nitrogen and oxygen atoms in total. The maximum atomic E-state index is 13.0. The molecule has 0 bridgehead atoms. The third-order valence-corrected chi connectivity index (χ3v) is 3.22. The van der Waals surface area contributed by atoms with Crippen LogP contribution in [0.5, 0.6) is 0 Å². The van der Waals surface area contributed by atoms with E-state index < -0.39 is 0 Å². The van der Waals surface area contributed by atoms with E-state index >= 15 is 0 Å². The largest absolute Gasteiger partial charge is 0.309 e. The van der Waals surface area contributed by atoms with E-state index in [0.29, 0.717) is 0 Å². The van der Waals surface area contributed by atoms with Crippen LogP contribution >= 0.6 is 0 Å². The minimum Gasteiger partial charge on any atom is -0.309 e. The molecule has 2 aromatic carbocycles. The van der Waals surface area contributed by atoms with Gasteiger partial charge in [-0.25, -0.2) is 4.39 Å². The summed E-state index contributed by atoms with van der Waals surface area (Å²) in [4.78, 5) is 2.19. The van der Waals surface area contributed by atoms with Crippen molar-refractivity contribution in [2.24, 2.45) is 0 Å². The van der Waals surface area contributed by atoms with E-state index in [-0.39, 0.29) is 5.82 Å². The van der Waals surface area contributed by atoms with Crippen LogP contribution in [-0.2, 0) is 6.42 Å². The molecule has 2 heteroatoms. The van der Waals surface area contributed by atoms with Gasteiger partial charge in [-0.05, 0) is 62.3 Å². The minimum absolute atomic E-state index is 0.186. The highest BCUT2D eigenvalue weighted by molar-refractivity contribution is 5.67. The lowest BCUT2D eigenvalue weighted by molar-refractivity contribution is 0.400. The molecular weight excluding hydrogens is 237 g/mol. The molecular formula is C17H20FN. The summed E-state index contributed by atoms with van der Waals surface area (Å²) in [6.07, 6.45) is 2.18. The molecule has 0 N–H and O–H groups in total. The van der Waals surface area contributed by atoms with Gasteiger partial charge in [0, 0.05) is 0 Å². The van der Waals surface area contributed by atoms with Crippen LogP contribution in [0.2, 0.25) is 0 Å². The molecule has 0 aromatic heterocycles. The van der Waals surface area contributed by atoms with Gasteiger partial charge in [0.1, 0.15) is 5.82 Å².